The third-order valence-electron chi connectivity index (χ3n) is 4.65. The summed E-state index contributed by atoms with van der Waals surface area (Å²) in [7, 11) is -1.16. The molecule has 3 rings (SSSR count). The SMILES string of the molecule is CON(C)S(=O)(=O)c1ccc(C(=O)N[C@@H](C)c2cccc3ccccc23)cc1. The first-order chi connectivity index (χ1) is 13.3. The van der Waals surface area contributed by atoms with Crippen LogP contribution >= 0.6 is 0 Å². The molecule has 0 saturated carbocycles. The number of carbonyl (C=O) groups excluding carboxylic acids is 1. The summed E-state index contributed by atoms with van der Waals surface area (Å²) >= 11 is 0. The van der Waals surface area contributed by atoms with Crippen LogP contribution in [0.25, 0.3) is 10.8 Å². The van der Waals surface area contributed by atoms with E-state index in [4.69, 9.17) is 4.84 Å². The summed E-state index contributed by atoms with van der Waals surface area (Å²) in [5.74, 6) is -0.274. The lowest BCUT2D eigenvalue weighted by Gasteiger charge is -2.17. The lowest BCUT2D eigenvalue weighted by atomic mass is 9.99. The van der Waals surface area contributed by atoms with Gasteiger partial charge in [-0.1, -0.05) is 46.9 Å². The summed E-state index contributed by atoms with van der Waals surface area (Å²) in [5, 5.41) is 5.17. The molecular formula is C21H22N2O4S. The standard InChI is InChI=1S/C21H22N2O4S/c1-15(19-10-6-8-16-7-4-5-9-20(16)19)22-21(24)17-11-13-18(14-12-17)28(25,26)23(2)27-3/h4-15H,1-3H3,(H,22,24)/t15-/m0/s1. The summed E-state index contributed by atoms with van der Waals surface area (Å²) in [6.07, 6.45) is 0. The van der Waals surface area contributed by atoms with Crippen LogP contribution in [0.5, 0.6) is 0 Å². The average molecular weight is 398 g/mol. The zero-order chi connectivity index (χ0) is 20.3. The van der Waals surface area contributed by atoms with Gasteiger partial charge < -0.3 is 5.32 Å². The van der Waals surface area contributed by atoms with Crippen LogP contribution in [-0.2, 0) is 14.9 Å². The van der Waals surface area contributed by atoms with Gasteiger partial charge in [0, 0.05) is 12.6 Å². The molecule has 0 saturated heterocycles. The highest BCUT2D eigenvalue weighted by molar-refractivity contribution is 7.89. The van der Waals surface area contributed by atoms with Crippen molar-refractivity contribution in [3.05, 3.63) is 77.9 Å². The van der Waals surface area contributed by atoms with Gasteiger partial charge in [-0.25, -0.2) is 8.42 Å². The Bertz CT molecular complexity index is 1090. The maximum absolute atomic E-state index is 12.6. The zero-order valence-electron chi connectivity index (χ0n) is 15.9. The number of amides is 1. The number of rotatable bonds is 6. The van der Waals surface area contributed by atoms with E-state index in [2.05, 4.69) is 5.32 Å². The van der Waals surface area contributed by atoms with Gasteiger partial charge in [0.2, 0.25) is 0 Å². The molecule has 0 radical (unpaired) electrons. The van der Waals surface area contributed by atoms with Crippen LogP contribution in [0.2, 0.25) is 0 Å². The summed E-state index contributed by atoms with van der Waals surface area (Å²) in [6, 6.07) is 19.5. The van der Waals surface area contributed by atoms with Crippen molar-refractivity contribution >= 4 is 26.7 Å². The van der Waals surface area contributed by atoms with E-state index in [-0.39, 0.29) is 16.8 Å². The smallest absolute Gasteiger partial charge is 0.264 e. The minimum Gasteiger partial charge on any atom is -0.345 e. The van der Waals surface area contributed by atoms with E-state index in [1.54, 1.807) is 0 Å². The Morgan fingerprint density at radius 2 is 1.64 bits per heavy atom. The fraction of sp³-hybridized carbons (Fsp3) is 0.190. The van der Waals surface area contributed by atoms with Crippen molar-refractivity contribution in [3.8, 4) is 0 Å². The second-order valence-corrected chi connectivity index (χ2v) is 8.32. The Morgan fingerprint density at radius 1 is 1.00 bits per heavy atom. The summed E-state index contributed by atoms with van der Waals surface area (Å²) < 4.78 is 25.2. The first kappa shape index (κ1) is 20.0. The number of nitrogens with one attached hydrogen (secondary N) is 1. The Balaban J connectivity index is 1.79. The largest absolute Gasteiger partial charge is 0.345 e. The molecule has 0 aliphatic rings. The van der Waals surface area contributed by atoms with Crippen LogP contribution in [0.15, 0.2) is 71.6 Å². The summed E-state index contributed by atoms with van der Waals surface area (Å²) in [5.41, 5.74) is 1.40. The second-order valence-electron chi connectivity index (χ2n) is 6.39. The first-order valence-corrected chi connectivity index (χ1v) is 10.2. The molecule has 3 aromatic carbocycles. The van der Waals surface area contributed by atoms with Crippen LogP contribution in [0, 0.1) is 0 Å². The van der Waals surface area contributed by atoms with Crippen molar-refractivity contribution in [1.82, 2.24) is 9.79 Å². The molecule has 1 atom stereocenters. The molecule has 0 heterocycles. The number of sulfonamides is 1. The van der Waals surface area contributed by atoms with E-state index in [1.807, 2.05) is 49.4 Å². The predicted molar refractivity (Wildman–Crippen MR) is 108 cm³/mol. The van der Waals surface area contributed by atoms with E-state index in [1.165, 1.54) is 38.4 Å². The lowest BCUT2D eigenvalue weighted by Crippen LogP contribution is -2.27. The Hall–Kier alpha value is -2.74. The number of benzene rings is 3. The third kappa shape index (κ3) is 3.91. The molecule has 1 N–H and O–H groups in total. The van der Waals surface area contributed by atoms with Crippen molar-refractivity contribution in [2.75, 3.05) is 14.2 Å². The molecule has 6 nitrogen and oxygen atoms in total. The zero-order valence-corrected chi connectivity index (χ0v) is 16.7. The third-order valence-corrected chi connectivity index (χ3v) is 6.34. The van der Waals surface area contributed by atoms with E-state index in [0.29, 0.717) is 5.56 Å². The molecule has 0 aliphatic carbocycles. The fourth-order valence-corrected chi connectivity index (χ4v) is 3.98. The van der Waals surface area contributed by atoms with Crippen LogP contribution in [0.4, 0.5) is 0 Å². The quantitative estimate of drug-likeness (QED) is 0.645. The molecule has 28 heavy (non-hydrogen) atoms. The molecule has 0 aliphatic heterocycles. The second kappa shape index (κ2) is 8.10. The molecule has 146 valence electrons. The van der Waals surface area contributed by atoms with Gasteiger partial charge in [0.05, 0.1) is 18.0 Å². The molecule has 0 bridgehead atoms. The maximum atomic E-state index is 12.6. The van der Waals surface area contributed by atoms with E-state index in [9.17, 15) is 13.2 Å². The predicted octanol–water partition coefficient (Wildman–Crippen LogP) is 3.51. The Morgan fingerprint density at radius 3 is 2.32 bits per heavy atom. The maximum Gasteiger partial charge on any atom is 0.264 e. The molecule has 0 spiro atoms. The number of nitrogens with zero attached hydrogens (tertiary/aromatic N) is 1. The van der Waals surface area contributed by atoms with Gasteiger partial charge in [0.1, 0.15) is 0 Å². The van der Waals surface area contributed by atoms with Crippen LogP contribution in [0.1, 0.15) is 28.9 Å². The van der Waals surface area contributed by atoms with Gasteiger partial charge in [-0.05, 0) is 47.5 Å². The number of hydrogen-bond donors (Lipinski definition) is 1. The van der Waals surface area contributed by atoms with Gasteiger partial charge in [0.15, 0.2) is 0 Å². The summed E-state index contributed by atoms with van der Waals surface area (Å²) in [6.45, 7) is 1.92. The Kier molecular flexibility index (Phi) is 5.79. The van der Waals surface area contributed by atoms with Crippen molar-refractivity contribution in [1.29, 1.82) is 0 Å². The molecule has 0 unspecified atom stereocenters. The van der Waals surface area contributed by atoms with E-state index >= 15 is 0 Å². The molecule has 3 aromatic rings. The molecule has 0 fully saturated rings. The molecule has 0 aromatic heterocycles. The highest BCUT2D eigenvalue weighted by Gasteiger charge is 2.21. The van der Waals surface area contributed by atoms with Crippen molar-refractivity contribution in [3.63, 3.8) is 0 Å². The normalized spacial score (nSPS) is 12.9. The first-order valence-electron chi connectivity index (χ1n) is 8.76. The monoisotopic (exact) mass is 398 g/mol. The van der Waals surface area contributed by atoms with Crippen LogP contribution in [-0.4, -0.2) is 33.0 Å². The van der Waals surface area contributed by atoms with Gasteiger partial charge >= 0.3 is 0 Å². The molecule has 1 amide bonds. The summed E-state index contributed by atoms with van der Waals surface area (Å²) in [4.78, 5) is 17.4. The Labute approximate surface area is 164 Å². The van der Waals surface area contributed by atoms with Gasteiger partial charge in [-0.3, -0.25) is 9.63 Å². The topological polar surface area (TPSA) is 75.7 Å². The van der Waals surface area contributed by atoms with Crippen molar-refractivity contribution < 1.29 is 18.0 Å². The molecule has 7 heteroatoms. The number of carbonyl (C=O) groups is 1. The van der Waals surface area contributed by atoms with Crippen LogP contribution < -0.4 is 5.32 Å². The van der Waals surface area contributed by atoms with E-state index in [0.717, 1.165) is 20.8 Å². The minimum absolute atomic E-state index is 0.0514. The molecular weight excluding hydrogens is 376 g/mol. The number of fused-ring (bicyclic) bond motifs is 1. The fourth-order valence-electron chi connectivity index (χ4n) is 3.01. The minimum atomic E-state index is -3.74. The van der Waals surface area contributed by atoms with Gasteiger partial charge in [0.25, 0.3) is 15.9 Å². The van der Waals surface area contributed by atoms with Crippen molar-refractivity contribution in [2.45, 2.75) is 17.9 Å². The van der Waals surface area contributed by atoms with Gasteiger partial charge in [-0.15, -0.1) is 0 Å². The highest BCUT2D eigenvalue weighted by atomic mass is 32.2. The van der Waals surface area contributed by atoms with Crippen molar-refractivity contribution in [2.24, 2.45) is 0 Å². The lowest BCUT2D eigenvalue weighted by molar-refractivity contribution is -0.0258. The van der Waals surface area contributed by atoms with E-state index < -0.39 is 10.0 Å². The highest BCUT2D eigenvalue weighted by Crippen LogP contribution is 2.24. The average Bonchev–Trinajstić information content (AvgIpc) is 2.72. The van der Waals surface area contributed by atoms with Crippen LogP contribution in [0.3, 0.4) is 0 Å². The number of hydroxylamine groups is 1. The number of hydrogen-bond acceptors (Lipinski definition) is 4. The van der Waals surface area contributed by atoms with Gasteiger partial charge in [-0.2, -0.15) is 0 Å².